The predicted molar refractivity (Wildman–Crippen MR) is 59.1 cm³/mol. The zero-order valence-corrected chi connectivity index (χ0v) is 9.21. The molecule has 3 rings (SSSR count). The van der Waals surface area contributed by atoms with Crippen LogP contribution in [-0.2, 0) is 13.1 Å². The Labute approximate surface area is 90.2 Å². The molecule has 0 fully saturated rings. The van der Waals surface area contributed by atoms with Gasteiger partial charge >= 0.3 is 0 Å². The van der Waals surface area contributed by atoms with Gasteiger partial charge in [-0.3, -0.25) is 4.68 Å². The lowest BCUT2D eigenvalue weighted by molar-refractivity contribution is 0.480. The number of nitrogens with one attached hydrogen (secondary N) is 1. The smallest absolute Gasteiger partial charge is 0.0927 e. The fraction of sp³-hybridized carbons (Fsp3) is 0.300. The molecule has 0 saturated carbocycles. The zero-order chi connectivity index (χ0) is 9.54. The Hall–Kier alpha value is -0.870. The summed E-state index contributed by atoms with van der Waals surface area (Å²) >= 11 is 3.49. The maximum absolute atomic E-state index is 4.55. The van der Waals surface area contributed by atoms with E-state index in [0.29, 0.717) is 0 Å². The Morgan fingerprint density at radius 2 is 2.36 bits per heavy atom. The summed E-state index contributed by atoms with van der Waals surface area (Å²) in [6.07, 6.45) is 0. The van der Waals surface area contributed by atoms with Crippen LogP contribution in [0, 0.1) is 0 Å². The van der Waals surface area contributed by atoms with Crippen LogP contribution in [0.25, 0.3) is 10.9 Å². The molecule has 0 bridgehead atoms. The molecule has 2 aromatic rings. The largest absolute Gasteiger partial charge is 0.309 e. The summed E-state index contributed by atoms with van der Waals surface area (Å²) < 4.78 is 3.22. The lowest BCUT2D eigenvalue weighted by Crippen LogP contribution is -2.28. The Kier molecular flexibility index (Phi) is 1.85. The first-order chi connectivity index (χ1) is 6.84. The van der Waals surface area contributed by atoms with Crippen LogP contribution in [0.5, 0.6) is 0 Å². The Morgan fingerprint density at radius 1 is 1.43 bits per heavy atom. The molecule has 1 aliphatic heterocycles. The molecule has 14 heavy (non-hydrogen) atoms. The van der Waals surface area contributed by atoms with Crippen molar-refractivity contribution in [3.05, 3.63) is 28.4 Å². The summed E-state index contributed by atoms with van der Waals surface area (Å²) in [7, 11) is 0. The van der Waals surface area contributed by atoms with Gasteiger partial charge < -0.3 is 5.32 Å². The van der Waals surface area contributed by atoms with Crippen LogP contribution >= 0.6 is 15.9 Å². The fourth-order valence-electron chi connectivity index (χ4n) is 1.92. The predicted octanol–water partition coefficient (Wildman–Crippen LogP) is 1.90. The van der Waals surface area contributed by atoms with Crippen LogP contribution < -0.4 is 5.32 Å². The number of nitrogens with zero attached hydrogens (tertiary/aromatic N) is 2. The summed E-state index contributed by atoms with van der Waals surface area (Å²) in [5, 5.41) is 9.17. The molecule has 1 N–H and O–H groups in total. The van der Waals surface area contributed by atoms with Crippen LogP contribution in [0.3, 0.4) is 0 Å². The average Bonchev–Trinajstić information content (AvgIpc) is 2.56. The highest BCUT2D eigenvalue weighted by Crippen LogP contribution is 2.23. The van der Waals surface area contributed by atoms with Crippen molar-refractivity contribution in [3.8, 4) is 0 Å². The van der Waals surface area contributed by atoms with Crippen LogP contribution in [0.4, 0.5) is 0 Å². The van der Waals surface area contributed by atoms with Crippen LogP contribution in [0.15, 0.2) is 22.7 Å². The van der Waals surface area contributed by atoms with Gasteiger partial charge in [0, 0.05) is 22.9 Å². The van der Waals surface area contributed by atoms with E-state index in [4.69, 9.17) is 0 Å². The second-order valence-electron chi connectivity index (χ2n) is 3.51. The number of rotatable bonds is 0. The number of fused-ring (bicyclic) bond motifs is 3. The maximum atomic E-state index is 4.55. The molecule has 0 saturated heterocycles. The Balaban J connectivity index is 2.32. The molecule has 0 unspecified atom stereocenters. The molecule has 0 atom stereocenters. The molecule has 1 aromatic heterocycles. The van der Waals surface area contributed by atoms with Crippen molar-refractivity contribution in [2.45, 2.75) is 13.1 Å². The minimum absolute atomic E-state index is 0.924. The SMILES string of the molecule is Brc1ccc2nn3c(c2c1)CNCC3. The summed E-state index contributed by atoms with van der Waals surface area (Å²) in [6.45, 7) is 2.91. The number of hydrogen-bond donors (Lipinski definition) is 1. The molecule has 4 heteroatoms. The van der Waals surface area contributed by atoms with E-state index in [1.54, 1.807) is 0 Å². The normalized spacial score (nSPS) is 15.8. The fourth-order valence-corrected chi connectivity index (χ4v) is 2.28. The molecule has 1 aliphatic rings. The second kappa shape index (κ2) is 3.07. The van der Waals surface area contributed by atoms with Crippen molar-refractivity contribution in [2.24, 2.45) is 0 Å². The van der Waals surface area contributed by atoms with Gasteiger partial charge in [0.15, 0.2) is 0 Å². The summed E-state index contributed by atoms with van der Waals surface area (Å²) in [4.78, 5) is 0. The Morgan fingerprint density at radius 3 is 3.29 bits per heavy atom. The number of hydrogen-bond acceptors (Lipinski definition) is 2. The minimum atomic E-state index is 0.924. The van der Waals surface area contributed by atoms with E-state index >= 15 is 0 Å². The van der Waals surface area contributed by atoms with Crippen molar-refractivity contribution >= 4 is 26.8 Å². The third kappa shape index (κ3) is 1.18. The van der Waals surface area contributed by atoms with Gasteiger partial charge in [0.25, 0.3) is 0 Å². The van der Waals surface area contributed by atoms with Gasteiger partial charge in [0.05, 0.1) is 17.8 Å². The third-order valence-corrected chi connectivity index (χ3v) is 3.10. The molecule has 0 radical (unpaired) electrons. The van der Waals surface area contributed by atoms with Crippen molar-refractivity contribution in [1.29, 1.82) is 0 Å². The first kappa shape index (κ1) is 8.44. The molecule has 2 heterocycles. The lowest BCUT2D eigenvalue weighted by atomic mass is 10.2. The number of halogens is 1. The highest BCUT2D eigenvalue weighted by molar-refractivity contribution is 9.10. The molecule has 3 nitrogen and oxygen atoms in total. The minimum Gasteiger partial charge on any atom is -0.309 e. The third-order valence-electron chi connectivity index (χ3n) is 2.60. The van der Waals surface area contributed by atoms with Gasteiger partial charge in [-0.25, -0.2) is 0 Å². The zero-order valence-electron chi connectivity index (χ0n) is 7.63. The van der Waals surface area contributed by atoms with Crippen molar-refractivity contribution < 1.29 is 0 Å². The summed E-state index contributed by atoms with van der Waals surface area (Å²) in [5.74, 6) is 0. The molecular formula is C10H10BrN3. The van der Waals surface area contributed by atoms with Gasteiger partial charge in [-0.2, -0.15) is 5.10 Å². The molecule has 0 aliphatic carbocycles. The second-order valence-corrected chi connectivity index (χ2v) is 4.42. The van der Waals surface area contributed by atoms with E-state index in [1.165, 1.54) is 11.1 Å². The maximum Gasteiger partial charge on any atom is 0.0927 e. The topological polar surface area (TPSA) is 29.9 Å². The van der Waals surface area contributed by atoms with E-state index < -0.39 is 0 Å². The van der Waals surface area contributed by atoms with Crippen LogP contribution in [0.1, 0.15) is 5.69 Å². The van der Waals surface area contributed by atoms with E-state index in [1.807, 2.05) is 6.07 Å². The molecule has 72 valence electrons. The van der Waals surface area contributed by atoms with Gasteiger partial charge in [0.2, 0.25) is 0 Å². The van der Waals surface area contributed by atoms with Crippen LogP contribution in [0.2, 0.25) is 0 Å². The average molecular weight is 252 g/mol. The van der Waals surface area contributed by atoms with Crippen molar-refractivity contribution in [3.63, 3.8) is 0 Å². The molecule has 1 aromatic carbocycles. The van der Waals surface area contributed by atoms with Crippen molar-refractivity contribution in [1.82, 2.24) is 15.1 Å². The number of aromatic nitrogens is 2. The van der Waals surface area contributed by atoms with Crippen molar-refractivity contribution in [2.75, 3.05) is 6.54 Å². The monoisotopic (exact) mass is 251 g/mol. The summed E-state index contributed by atoms with van der Waals surface area (Å²) in [5.41, 5.74) is 2.39. The van der Waals surface area contributed by atoms with E-state index in [-0.39, 0.29) is 0 Å². The van der Waals surface area contributed by atoms with E-state index in [2.05, 4.69) is 43.2 Å². The van der Waals surface area contributed by atoms with E-state index in [0.717, 1.165) is 29.6 Å². The molecule has 0 amide bonds. The highest BCUT2D eigenvalue weighted by atomic mass is 79.9. The first-order valence-corrected chi connectivity index (χ1v) is 5.49. The van der Waals surface area contributed by atoms with Gasteiger partial charge in [-0.15, -0.1) is 0 Å². The number of benzene rings is 1. The molecule has 0 spiro atoms. The first-order valence-electron chi connectivity index (χ1n) is 4.70. The lowest BCUT2D eigenvalue weighted by Gasteiger charge is -2.14. The van der Waals surface area contributed by atoms with Crippen LogP contribution in [-0.4, -0.2) is 16.3 Å². The standard InChI is InChI=1S/C10H10BrN3/c11-7-1-2-9-8(5-7)10-6-12-3-4-14(10)13-9/h1-2,5,12H,3-4,6H2. The van der Waals surface area contributed by atoms with E-state index in [9.17, 15) is 0 Å². The summed E-state index contributed by atoms with van der Waals surface area (Å²) in [6, 6.07) is 6.24. The molecular weight excluding hydrogens is 242 g/mol. The Bertz CT molecular complexity index is 489. The quantitative estimate of drug-likeness (QED) is 0.776. The van der Waals surface area contributed by atoms with Gasteiger partial charge in [-0.1, -0.05) is 15.9 Å². The van der Waals surface area contributed by atoms with Gasteiger partial charge in [-0.05, 0) is 18.2 Å². The van der Waals surface area contributed by atoms with Gasteiger partial charge in [0.1, 0.15) is 0 Å². The highest BCUT2D eigenvalue weighted by Gasteiger charge is 2.13.